The van der Waals surface area contributed by atoms with E-state index in [9.17, 15) is 26.4 Å². The summed E-state index contributed by atoms with van der Waals surface area (Å²) >= 11 is 0. The number of carbonyl (C=O) groups is 1. The van der Waals surface area contributed by atoms with Gasteiger partial charge >= 0.3 is 12.2 Å². The van der Waals surface area contributed by atoms with Gasteiger partial charge in [-0.2, -0.15) is 13.2 Å². The van der Waals surface area contributed by atoms with Crippen molar-refractivity contribution in [2.24, 2.45) is 5.73 Å². The molecule has 0 saturated carbocycles. The number of amidine groups is 1. The number of nitrogens with one attached hydrogen (secondary N) is 4. The number of hydrogen-bond acceptors (Lipinski definition) is 4. The minimum Gasteiger partial charge on any atom is -0.384 e. The lowest BCUT2D eigenvalue weighted by atomic mass is 10.1. The fourth-order valence-corrected chi connectivity index (χ4v) is 3.94. The molecule has 0 spiro atoms. The van der Waals surface area contributed by atoms with Gasteiger partial charge in [-0.1, -0.05) is 30.3 Å². The van der Waals surface area contributed by atoms with Crippen LogP contribution in [-0.4, -0.2) is 20.3 Å². The fourth-order valence-electron chi connectivity index (χ4n) is 2.87. The number of nitrogen functional groups attached to an aromatic ring is 1. The summed E-state index contributed by atoms with van der Waals surface area (Å²) in [6, 6.07) is 15.3. The minimum absolute atomic E-state index is 0.143. The zero-order chi connectivity index (χ0) is 24.9. The van der Waals surface area contributed by atoms with Gasteiger partial charge in [0.25, 0.3) is 0 Å². The topological polar surface area (TPSA) is 137 Å². The number of amides is 2. The Bertz CT molecular complexity index is 1310. The summed E-state index contributed by atoms with van der Waals surface area (Å²) in [7, 11) is -4.01. The maximum Gasteiger partial charge on any atom is 0.416 e. The Balaban J connectivity index is 1.65. The molecule has 3 rings (SSSR count). The lowest BCUT2D eigenvalue weighted by Crippen LogP contribution is -2.24. The van der Waals surface area contributed by atoms with E-state index >= 15 is 0 Å². The van der Waals surface area contributed by atoms with Gasteiger partial charge in [-0.25, -0.2) is 17.9 Å². The van der Waals surface area contributed by atoms with Crippen LogP contribution in [0.5, 0.6) is 0 Å². The second-order valence-electron chi connectivity index (χ2n) is 7.12. The van der Waals surface area contributed by atoms with Crippen molar-refractivity contribution >= 4 is 33.3 Å². The van der Waals surface area contributed by atoms with Crippen molar-refractivity contribution in [3.05, 3.63) is 89.5 Å². The molecule has 0 aliphatic heterocycles. The number of hydrogen-bond donors (Lipinski definition) is 5. The molecule has 3 aromatic rings. The normalized spacial score (nSPS) is 11.6. The summed E-state index contributed by atoms with van der Waals surface area (Å²) in [5, 5.41) is 12.5. The summed E-state index contributed by atoms with van der Waals surface area (Å²) in [5.41, 5.74) is 5.94. The number of urea groups is 1. The van der Waals surface area contributed by atoms with Crippen LogP contribution in [0, 0.1) is 5.41 Å². The van der Waals surface area contributed by atoms with E-state index in [0.29, 0.717) is 16.8 Å². The van der Waals surface area contributed by atoms with Crippen LogP contribution in [0.2, 0.25) is 0 Å². The highest BCUT2D eigenvalue weighted by molar-refractivity contribution is 7.89. The molecule has 0 aliphatic rings. The second-order valence-corrected chi connectivity index (χ2v) is 8.89. The van der Waals surface area contributed by atoms with Gasteiger partial charge in [-0.05, 0) is 48.0 Å². The van der Waals surface area contributed by atoms with Crippen molar-refractivity contribution < 1.29 is 26.4 Å². The molecule has 178 valence electrons. The molecule has 0 radical (unpaired) electrons. The van der Waals surface area contributed by atoms with Gasteiger partial charge in [0, 0.05) is 23.5 Å². The molecule has 0 atom stereocenters. The van der Waals surface area contributed by atoms with Crippen LogP contribution in [0.25, 0.3) is 0 Å². The molecule has 12 heteroatoms. The molecule has 0 saturated heterocycles. The van der Waals surface area contributed by atoms with Crippen LogP contribution in [0.4, 0.5) is 29.3 Å². The van der Waals surface area contributed by atoms with Crippen LogP contribution in [0.1, 0.15) is 16.7 Å². The van der Waals surface area contributed by atoms with Gasteiger partial charge in [0.2, 0.25) is 10.0 Å². The third kappa shape index (κ3) is 6.56. The van der Waals surface area contributed by atoms with Crippen molar-refractivity contribution in [3.63, 3.8) is 0 Å². The second kappa shape index (κ2) is 9.93. The molecule has 0 unspecified atom stereocenters. The van der Waals surface area contributed by atoms with Crippen LogP contribution < -0.4 is 21.1 Å². The van der Waals surface area contributed by atoms with Gasteiger partial charge in [0.05, 0.1) is 10.5 Å². The smallest absolute Gasteiger partial charge is 0.384 e. The van der Waals surface area contributed by atoms with Gasteiger partial charge in [0.1, 0.15) is 5.84 Å². The first kappa shape index (κ1) is 24.7. The van der Waals surface area contributed by atoms with Gasteiger partial charge in [-0.3, -0.25) is 5.41 Å². The van der Waals surface area contributed by atoms with Crippen molar-refractivity contribution in [2.45, 2.75) is 17.6 Å². The monoisotopic (exact) mass is 491 g/mol. The molecule has 0 fully saturated rings. The average Bonchev–Trinajstić information content (AvgIpc) is 2.78. The van der Waals surface area contributed by atoms with Crippen molar-refractivity contribution in [2.75, 3.05) is 10.6 Å². The largest absolute Gasteiger partial charge is 0.416 e. The van der Waals surface area contributed by atoms with E-state index < -0.39 is 27.8 Å². The number of rotatable bonds is 7. The van der Waals surface area contributed by atoms with Crippen LogP contribution in [0.15, 0.2) is 77.7 Å². The number of carbonyl (C=O) groups excluding carboxylic acids is 1. The number of anilines is 2. The summed E-state index contributed by atoms with van der Waals surface area (Å²) in [4.78, 5) is 12.1. The zero-order valence-electron chi connectivity index (χ0n) is 17.5. The Morgan fingerprint density at radius 2 is 1.50 bits per heavy atom. The highest BCUT2D eigenvalue weighted by Crippen LogP contribution is 2.29. The number of sulfonamides is 1. The van der Waals surface area contributed by atoms with Crippen LogP contribution in [-0.2, 0) is 22.7 Å². The van der Waals surface area contributed by atoms with E-state index in [4.69, 9.17) is 11.1 Å². The number of halogens is 3. The standard InChI is InChI=1S/C22H20F3N5O3S/c23-22(24,25)16-9-7-14(8-10-16)13-28-34(32,33)19-6-2-5-18(12-19)30-21(31)29-17-4-1-3-15(11-17)20(26)27/h1-12,28H,13H2,(H3,26,27)(H2,29,30,31). The molecular weight excluding hydrogens is 471 g/mol. The van der Waals surface area contributed by atoms with Crippen molar-refractivity contribution in [1.82, 2.24) is 4.72 Å². The highest BCUT2D eigenvalue weighted by atomic mass is 32.2. The van der Waals surface area contributed by atoms with Gasteiger partial charge in [-0.15, -0.1) is 0 Å². The molecule has 0 aromatic heterocycles. The summed E-state index contributed by atoms with van der Waals surface area (Å²) in [6.45, 7) is -0.217. The first-order valence-corrected chi connectivity index (χ1v) is 11.2. The Labute approximate surface area is 193 Å². The average molecular weight is 491 g/mol. The summed E-state index contributed by atoms with van der Waals surface area (Å²) in [5.74, 6) is -0.161. The predicted octanol–water partition coefficient (Wildman–Crippen LogP) is 4.11. The predicted molar refractivity (Wildman–Crippen MR) is 122 cm³/mol. The highest BCUT2D eigenvalue weighted by Gasteiger charge is 2.30. The number of benzene rings is 3. The third-order valence-corrected chi connectivity index (χ3v) is 5.98. The molecule has 0 heterocycles. The molecular formula is C22H20F3N5O3S. The molecule has 6 N–H and O–H groups in total. The zero-order valence-corrected chi connectivity index (χ0v) is 18.3. The SMILES string of the molecule is N=C(N)c1cccc(NC(=O)Nc2cccc(S(=O)(=O)NCc3ccc(C(F)(F)F)cc3)c2)c1. The fraction of sp³-hybridized carbons (Fsp3) is 0.0909. The molecule has 0 bridgehead atoms. The van der Waals surface area contributed by atoms with Gasteiger partial charge in [0.15, 0.2) is 0 Å². The van der Waals surface area contributed by atoms with E-state index in [2.05, 4.69) is 15.4 Å². The number of alkyl halides is 3. The first-order chi connectivity index (χ1) is 15.9. The maximum atomic E-state index is 12.7. The van der Waals surface area contributed by atoms with Crippen LogP contribution in [0.3, 0.4) is 0 Å². The summed E-state index contributed by atoms with van der Waals surface area (Å²) < 4.78 is 65.5. The Hall–Kier alpha value is -3.90. The van der Waals surface area contributed by atoms with Crippen molar-refractivity contribution in [1.29, 1.82) is 5.41 Å². The third-order valence-electron chi connectivity index (χ3n) is 4.58. The van der Waals surface area contributed by atoms with E-state index in [-0.39, 0.29) is 23.0 Å². The molecule has 8 nitrogen and oxygen atoms in total. The Morgan fingerprint density at radius 3 is 2.09 bits per heavy atom. The molecule has 2 amide bonds. The number of nitrogens with two attached hydrogens (primary N) is 1. The summed E-state index contributed by atoms with van der Waals surface area (Å²) in [6.07, 6.45) is -4.48. The van der Waals surface area contributed by atoms with Gasteiger partial charge < -0.3 is 16.4 Å². The lowest BCUT2D eigenvalue weighted by Gasteiger charge is -2.11. The molecule has 34 heavy (non-hydrogen) atoms. The van der Waals surface area contributed by atoms with E-state index in [0.717, 1.165) is 12.1 Å². The Kier molecular flexibility index (Phi) is 7.23. The van der Waals surface area contributed by atoms with Crippen molar-refractivity contribution in [3.8, 4) is 0 Å². The van der Waals surface area contributed by atoms with Crippen LogP contribution >= 0.6 is 0 Å². The Morgan fingerprint density at radius 1 is 0.912 bits per heavy atom. The van der Waals surface area contributed by atoms with E-state index in [1.165, 1.54) is 42.5 Å². The molecule has 3 aromatic carbocycles. The first-order valence-electron chi connectivity index (χ1n) is 9.72. The maximum absolute atomic E-state index is 12.7. The van der Waals surface area contributed by atoms with E-state index in [1.54, 1.807) is 18.2 Å². The molecule has 0 aliphatic carbocycles. The minimum atomic E-state index is -4.48. The van der Waals surface area contributed by atoms with E-state index in [1.807, 2.05) is 0 Å². The lowest BCUT2D eigenvalue weighted by molar-refractivity contribution is -0.137. The quantitative estimate of drug-likeness (QED) is 0.251.